The summed E-state index contributed by atoms with van der Waals surface area (Å²) in [6.07, 6.45) is -1.04. The van der Waals surface area contributed by atoms with Crippen LogP contribution in [0.15, 0.2) is 24.3 Å². The van der Waals surface area contributed by atoms with Crippen LogP contribution >= 0.6 is 0 Å². The summed E-state index contributed by atoms with van der Waals surface area (Å²) in [7, 11) is 0. The predicted molar refractivity (Wildman–Crippen MR) is 95.7 cm³/mol. The molecule has 0 radical (unpaired) electrons. The Balaban J connectivity index is 2.26. The molecule has 0 unspecified atom stereocenters. The highest BCUT2D eigenvalue weighted by Crippen LogP contribution is 2.30. The van der Waals surface area contributed by atoms with Crippen molar-refractivity contribution in [1.82, 2.24) is 14.5 Å². The zero-order valence-electron chi connectivity index (χ0n) is 15.5. The molecule has 3 rings (SSSR count). The first-order chi connectivity index (χ1) is 11.6. The highest BCUT2D eigenvalue weighted by atomic mass is 16.5. The number of para-hydroxylation sites is 1. The molecule has 2 heterocycles. The van der Waals surface area contributed by atoms with E-state index in [0.717, 1.165) is 16.4 Å². The Morgan fingerprint density at radius 2 is 2.04 bits per heavy atom. The number of nitrogens with zero attached hydrogens (tertiary/aromatic N) is 3. The highest BCUT2D eigenvalue weighted by molar-refractivity contribution is 6.06. The van der Waals surface area contributed by atoms with Crippen LogP contribution in [0.3, 0.4) is 0 Å². The van der Waals surface area contributed by atoms with Crippen LogP contribution in [0.5, 0.6) is 0 Å². The SMILES string of the molecule is [2H]C(C)(C)OCc1nc2c(N)nc3ccccc3c2n1CC(C)(C)O. The molecule has 0 fully saturated rings. The highest BCUT2D eigenvalue weighted by Gasteiger charge is 2.22. The van der Waals surface area contributed by atoms with E-state index in [4.69, 9.17) is 11.8 Å². The van der Waals surface area contributed by atoms with E-state index in [-0.39, 0.29) is 6.61 Å². The van der Waals surface area contributed by atoms with Gasteiger partial charge in [-0.15, -0.1) is 0 Å². The third-order valence-corrected chi connectivity index (χ3v) is 3.72. The number of aromatic nitrogens is 3. The number of hydrogen-bond acceptors (Lipinski definition) is 5. The number of ether oxygens (including phenoxy) is 1. The molecule has 0 aliphatic carbocycles. The van der Waals surface area contributed by atoms with Crippen LogP contribution in [0.4, 0.5) is 5.82 Å². The Morgan fingerprint density at radius 3 is 2.71 bits per heavy atom. The third kappa shape index (κ3) is 3.20. The standard InChI is InChI=1S/C18H24N4O2/c1-11(2)24-9-14-21-15-16(22(14)10-18(3,4)23)12-7-5-6-8-13(12)20-17(15)19/h5-8,11,23H,9-10H2,1-4H3,(H2,19,20)/i11D. The van der Waals surface area contributed by atoms with Crippen LogP contribution in [0.1, 0.15) is 34.9 Å². The minimum atomic E-state index is -1.04. The van der Waals surface area contributed by atoms with Crippen LogP contribution < -0.4 is 5.73 Å². The van der Waals surface area contributed by atoms with Gasteiger partial charge in [0.2, 0.25) is 0 Å². The van der Waals surface area contributed by atoms with Gasteiger partial charge in [0.1, 0.15) is 17.9 Å². The molecule has 0 amide bonds. The Morgan fingerprint density at radius 1 is 1.33 bits per heavy atom. The lowest BCUT2D eigenvalue weighted by Gasteiger charge is -2.21. The van der Waals surface area contributed by atoms with Crippen molar-refractivity contribution in [3.63, 3.8) is 0 Å². The summed E-state index contributed by atoms with van der Waals surface area (Å²) in [5, 5.41) is 11.3. The Labute approximate surface area is 142 Å². The normalized spacial score (nSPS) is 13.6. The smallest absolute Gasteiger partial charge is 0.152 e. The molecule has 2 aromatic heterocycles. The molecule has 0 aliphatic heterocycles. The predicted octanol–water partition coefficient (Wildman–Crippen LogP) is 2.86. The number of benzene rings is 1. The number of imidazole rings is 1. The van der Waals surface area contributed by atoms with Gasteiger partial charge in [0.25, 0.3) is 0 Å². The van der Waals surface area contributed by atoms with E-state index in [9.17, 15) is 5.11 Å². The van der Waals surface area contributed by atoms with E-state index in [2.05, 4.69) is 9.97 Å². The number of nitrogens with two attached hydrogens (primary N) is 1. The molecule has 6 nitrogen and oxygen atoms in total. The maximum absolute atomic E-state index is 10.4. The number of aliphatic hydroxyl groups is 1. The van der Waals surface area contributed by atoms with E-state index in [1.807, 2.05) is 28.8 Å². The van der Waals surface area contributed by atoms with E-state index in [1.165, 1.54) is 0 Å². The molecule has 3 aromatic rings. The Hall–Kier alpha value is -2.18. The first kappa shape index (κ1) is 15.4. The van der Waals surface area contributed by atoms with Crippen molar-refractivity contribution in [3.05, 3.63) is 30.1 Å². The number of pyridine rings is 1. The zero-order valence-corrected chi connectivity index (χ0v) is 14.5. The van der Waals surface area contributed by atoms with E-state index < -0.39 is 11.7 Å². The van der Waals surface area contributed by atoms with Gasteiger partial charge in [-0.05, 0) is 33.8 Å². The number of nitrogen functional groups attached to an aromatic ring is 1. The maximum atomic E-state index is 10.4. The van der Waals surface area contributed by atoms with Crippen molar-refractivity contribution in [3.8, 4) is 0 Å². The van der Waals surface area contributed by atoms with Crippen LogP contribution in [-0.4, -0.2) is 31.3 Å². The van der Waals surface area contributed by atoms with Gasteiger partial charge in [-0.2, -0.15) is 0 Å². The largest absolute Gasteiger partial charge is 0.389 e. The lowest BCUT2D eigenvalue weighted by atomic mass is 10.1. The van der Waals surface area contributed by atoms with Crippen molar-refractivity contribution >= 4 is 27.8 Å². The van der Waals surface area contributed by atoms with Crippen LogP contribution in [0.2, 0.25) is 0 Å². The quantitative estimate of drug-likeness (QED) is 0.751. The third-order valence-electron chi connectivity index (χ3n) is 3.72. The molecular formula is C18H24N4O2. The van der Waals surface area contributed by atoms with Gasteiger partial charge in [-0.1, -0.05) is 18.2 Å². The number of fused-ring (bicyclic) bond motifs is 3. The molecule has 3 N–H and O–H groups in total. The van der Waals surface area contributed by atoms with Gasteiger partial charge in [0.15, 0.2) is 5.82 Å². The van der Waals surface area contributed by atoms with Gasteiger partial charge in [-0.25, -0.2) is 9.97 Å². The fraction of sp³-hybridized carbons (Fsp3) is 0.444. The Bertz CT molecular complexity index is 923. The number of rotatable bonds is 5. The number of hydrogen-bond donors (Lipinski definition) is 2. The van der Waals surface area contributed by atoms with Gasteiger partial charge >= 0.3 is 0 Å². The summed E-state index contributed by atoms with van der Waals surface area (Å²) in [5.74, 6) is 0.955. The van der Waals surface area contributed by atoms with Crippen LogP contribution in [0.25, 0.3) is 21.9 Å². The summed E-state index contributed by atoms with van der Waals surface area (Å²) in [4.78, 5) is 9.03. The average molecular weight is 329 g/mol. The molecular weight excluding hydrogens is 304 g/mol. The summed E-state index contributed by atoms with van der Waals surface area (Å²) in [6, 6.07) is 7.70. The minimum Gasteiger partial charge on any atom is -0.389 e. The zero-order chi connectivity index (χ0) is 18.4. The lowest BCUT2D eigenvalue weighted by molar-refractivity contribution is 0.0460. The average Bonchev–Trinajstić information content (AvgIpc) is 2.82. The summed E-state index contributed by atoms with van der Waals surface area (Å²) in [5.41, 5.74) is 7.37. The summed E-state index contributed by atoms with van der Waals surface area (Å²) < 4.78 is 15.4. The first-order valence-corrected chi connectivity index (χ1v) is 7.95. The molecule has 0 atom stereocenters. The fourth-order valence-electron chi connectivity index (χ4n) is 2.78. The van der Waals surface area contributed by atoms with Crippen LogP contribution in [0, 0.1) is 0 Å². The molecule has 128 valence electrons. The second kappa shape index (κ2) is 6.03. The van der Waals surface area contributed by atoms with E-state index in [1.54, 1.807) is 27.7 Å². The molecule has 0 aliphatic rings. The lowest BCUT2D eigenvalue weighted by Crippen LogP contribution is -2.27. The second-order valence-corrected chi connectivity index (χ2v) is 6.83. The molecule has 0 bridgehead atoms. The van der Waals surface area contributed by atoms with Crippen molar-refractivity contribution < 1.29 is 11.2 Å². The minimum absolute atomic E-state index is 0.148. The second-order valence-electron chi connectivity index (χ2n) is 6.83. The molecule has 0 spiro atoms. The molecule has 6 heteroatoms. The van der Waals surface area contributed by atoms with Gasteiger partial charge in [0, 0.05) is 5.39 Å². The topological polar surface area (TPSA) is 86.2 Å². The van der Waals surface area contributed by atoms with Gasteiger partial charge in [0.05, 0.1) is 30.6 Å². The summed E-state index contributed by atoms with van der Waals surface area (Å²) >= 11 is 0. The van der Waals surface area contributed by atoms with E-state index in [0.29, 0.717) is 23.7 Å². The van der Waals surface area contributed by atoms with Crippen LogP contribution in [-0.2, 0) is 17.9 Å². The monoisotopic (exact) mass is 329 g/mol. The van der Waals surface area contributed by atoms with Crippen molar-refractivity contribution in [2.24, 2.45) is 0 Å². The van der Waals surface area contributed by atoms with Crippen molar-refractivity contribution in [2.75, 3.05) is 5.73 Å². The van der Waals surface area contributed by atoms with Crippen molar-refractivity contribution in [1.29, 1.82) is 0 Å². The van der Waals surface area contributed by atoms with Gasteiger partial charge < -0.3 is 20.1 Å². The molecule has 0 saturated heterocycles. The van der Waals surface area contributed by atoms with Gasteiger partial charge in [-0.3, -0.25) is 0 Å². The molecule has 24 heavy (non-hydrogen) atoms. The van der Waals surface area contributed by atoms with E-state index >= 15 is 0 Å². The molecule has 1 aromatic carbocycles. The Kier molecular flexibility index (Phi) is 3.86. The summed E-state index contributed by atoms with van der Waals surface area (Å²) in [6.45, 7) is 7.29. The molecule has 0 saturated carbocycles. The first-order valence-electron chi connectivity index (χ1n) is 8.45. The van der Waals surface area contributed by atoms with Crippen molar-refractivity contribution in [2.45, 2.75) is 52.5 Å². The maximum Gasteiger partial charge on any atom is 0.152 e. The fourth-order valence-corrected chi connectivity index (χ4v) is 2.78. The number of anilines is 1.